The van der Waals surface area contributed by atoms with Crippen LogP contribution >= 0.6 is 0 Å². The van der Waals surface area contributed by atoms with Crippen molar-refractivity contribution in [3.05, 3.63) is 131 Å². The third-order valence-electron chi connectivity index (χ3n) is 7.61. The fourth-order valence-corrected chi connectivity index (χ4v) is 5.82. The highest BCUT2D eigenvalue weighted by molar-refractivity contribution is 6.50. The number of aliphatic imine (C=N–C) groups is 1. The van der Waals surface area contributed by atoms with Gasteiger partial charge in [-0.25, -0.2) is 9.48 Å². The first kappa shape index (κ1) is 29.3. The smallest absolute Gasteiger partial charge is 0.418 e. The highest BCUT2D eigenvalue weighted by Gasteiger charge is 2.46. The average Bonchev–Trinajstić information content (AvgIpc) is 3.36. The normalized spacial score (nSPS) is 17.7. The Bertz CT molecular complexity index is 1570. The predicted molar refractivity (Wildman–Crippen MR) is 165 cm³/mol. The number of fused-ring (bicyclic) bond motifs is 3. The van der Waals surface area contributed by atoms with Crippen molar-refractivity contribution in [3.8, 4) is 0 Å². The molecule has 6 rings (SSSR count). The van der Waals surface area contributed by atoms with E-state index in [4.69, 9.17) is 4.99 Å². The molecule has 4 aromatic carbocycles. The number of hydrogen-bond donors (Lipinski definition) is 0. The summed E-state index contributed by atoms with van der Waals surface area (Å²) in [5, 5.41) is 0. The molecule has 4 aromatic rings. The maximum Gasteiger partial charge on any atom is 0.673 e. The van der Waals surface area contributed by atoms with Crippen LogP contribution in [0.15, 0.2) is 108 Å². The molecular weight excluding hydrogens is 537 g/mol. The molecule has 3 nitrogen and oxygen atoms in total. The van der Waals surface area contributed by atoms with Gasteiger partial charge in [-0.3, -0.25) is 0 Å². The van der Waals surface area contributed by atoms with Crippen LogP contribution in [0.4, 0.5) is 28.6 Å². The molecule has 2 heterocycles. The van der Waals surface area contributed by atoms with Crippen molar-refractivity contribution in [3.63, 3.8) is 0 Å². The zero-order valence-corrected chi connectivity index (χ0v) is 24.1. The van der Waals surface area contributed by atoms with E-state index in [9.17, 15) is 17.3 Å². The topological polar surface area (TPSA) is 18.6 Å². The van der Waals surface area contributed by atoms with Crippen LogP contribution < -0.4 is 4.90 Å². The number of benzene rings is 4. The second kappa shape index (κ2) is 12.0. The third-order valence-corrected chi connectivity index (χ3v) is 7.61. The van der Waals surface area contributed by atoms with E-state index >= 15 is 0 Å². The van der Waals surface area contributed by atoms with Gasteiger partial charge in [0.2, 0.25) is 0 Å². The lowest BCUT2D eigenvalue weighted by Gasteiger charge is -2.30. The van der Waals surface area contributed by atoms with E-state index in [1.807, 2.05) is 0 Å². The Morgan fingerprint density at radius 1 is 0.667 bits per heavy atom. The molecule has 0 aliphatic carbocycles. The minimum absolute atomic E-state index is 0.00719. The highest BCUT2D eigenvalue weighted by Crippen LogP contribution is 2.46. The van der Waals surface area contributed by atoms with Gasteiger partial charge in [0.15, 0.2) is 12.4 Å². The van der Waals surface area contributed by atoms with Gasteiger partial charge in [-0.1, -0.05) is 119 Å². The number of para-hydroxylation sites is 2. The van der Waals surface area contributed by atoms with E-state index < -0.39 is 7.25 Å². The van der Waals surface area contributed by atoms with Gasteiger partial charge in [0.05, 0.1) is 5.56 Å². The molecule has 2 aliphatic rings. The molecule has 42 heavy (non-hydrogen) atoms. The minimum Gasteiger partial charge on any atom is -0.418 e. The Morgan fingerprint density at radius 2 is 1.17 bits per heavy atom. The van der Waals surface area contributed by atoms with Crippen molar-refractivity contribution in [2.24, 2.45) is 4.99 Å². The quantitative estimate of drug-likeness (QED) is 0.133. The van der Waals surface area contributed by atoms with E-state index in [2.05, 4.69) is 147 Å². The van der Waals surface area contributed by atoms with Crippen molar-refractivity contribution in [1.82, 2.24) is 0 Å². The summed E-state index contributed by atoms with van der Waals surface area (Å²) in [5.41, 5.74) is 8.91. The molecule has 0 bridgehead atoms. The number of amidine groups is 1. The van der Waals surface area contributed by atoms with Crippen LogP contribution in [-0.2, 0) is 0 Å². The van der Waals surface area contributed by atoms with E-state index in [1.54, 1.807) is 0 Å². The molecule has 216 valence electrons. The molecule has 0 saturated heterocycles. The standard InChI is InChI=1S/C34H34N3.BF4/c1-23(2)27-19-13-20-28(24(3)4)33(27)36-22-37-32(26-16-9-6-10-17-26)31(25-14-7-5-8-15-25)35-34(37)29-18-11-12-21-30(29)36;2-1(3,4)5/h5-24,31-32H,1-4H3;/q+1;-1/t31-,32-;/m0./s1. The first-order chi connectivity index (χ1) is 20.0. The molecule has 0 fully saturated rings. The lowest BCUT2D eigenvalue weighted by molar-refractivity contribution is -0.450. The van der Waals surface area contributed by atoms with Crippen LogP contribution in [0.3, 0.4) is 0 Å². The molecule has 2 atom stereocenters. The van der Waals surface area contributed by atoms with Crippen molar-refractivity contribution >= 4 is 30.8 Å². The maximum absolute atomic E-state index is 9.75. The molecule has 0 spiro atoms. The molecule has 0 radical (unpaired) electrons. The molecular formula is C34H34BF4N3. The highest BCUT2D eigenvalue weighted by atomic mass is 19.5. The summed E-state index contributed by atoms with van der Waals surface area (Å²) < 4.78 is 41.4. The van der Waals surface area contributed by atoms with Crippen LogP contribution in [0.1, 0.15) is 79.4 Å². The number of nitrogens with zero attached hydrogens (tertiary/aromatic N) is 3. The van der Waals surface area contributed by atoms with Gasteiger partial charge in [0, 0.05) is 0 Å². The summed E-state index contributed by atoms with van der Waals surface area (Å²) >= 11 is 0. The largest absolute Gasteiger partial charge is 0.673 e. The predicted octanol–water partition coefficient (Wildman–Crippen LogP) is 9.67. The first-order valence-corrected chi connectivity index (χ1v) is 14.2. The lowest BCUT2D eigenvalue weighted by Crippen LogP contribution is -2.36. The summed E-state index contributed by atoms with van der Waals surface area (Å²) in [6.07, 6.45) is 2.31. The van der Waals surface area contributed by atoms with E-state index in [-0.39, 0.29) is 12.1 Å². The van der Waals surface area contributed by atoms with Crippen molar-refractivity contribution in [2.75, 3.05) is 4.90 Å². The van der Waals surface area contributed by atoms with Crippen LogP contribution in [0.5, 0.6) is 0 Å². The summed E-state index contributed by atoms with van der Waals surface area (Å²) in [7, 11) is -6.00. The molecule has 0 N–H and O–H groups in total. The Balaban J connectivity index is 0.000000652. The maximum atomic E-state index is 9.75. The van der Waals surface area contributed by atoms with Crippen molar-refractivity contribution < 1.29 is 21.8 Å². The zero-order valence-electron chi connectivity index (χ0n) is 24.1. The lowest BCUT2D eigenvalue weighted by atomic mass is 9.91. The summed E-state index contributed by atoms with van der Waals surface area (Å²) in [4.78, 5) is 7.84. The van der Waals surface area contributed by atoms with Crippen molar-refractivity contribution in [2.45, 2.75) is 51.6 Å². The number of rotatable bonds is 5. The van der Waals surface area contributed by atoms with Gasteiger partial charge in [-0.2, -0.15) is 0 Å². The fourth-order valence-electron chi connectivity index (χ4n) is 5.82. The molecule has 0 unspecified atom stereocenters. The summed E-state index contributed by atoms with van der Waals surface area (Å²) in [6.45, 7) is 9.17. The van der Waals surface area contributed by atoms with E-state index in [0.29, 0.717) is 11.8 Å². The Kier molecular flexibility index (Phi) is 8.35. The van der Waals surface area contributed by atoms with Crippen LogP contribution in [0.25, 0.3) is 0 Å². The molecule has 0 aromatic heterocycles. The second-order valence-corrected chi connectivity index (χ2v) is 11.2. The van der Waals surface area contributed by atoms with Crippen LogP contribution in [0, 0.1) is 0 Å². The molecule has 0 saturated carbocycles. The van der Waals surface area contributed by atoms with Crippen LogP contribution in [0.2, 0.25) is 0 Å². The summed E-state index contributed by atoms with van der Waals surface area (Å²) in [5.74, 6) is 1.86. The zero-order chi connectivity index (χ0) is 30.0. The van der Waals surface area contributed by atoms with Gasteiger partial charge in [0.1, 0.15) is 17.4 Å². The molecule has 2 aliphatic heterocycles. The van der Waals surface area contributed by atoms with Gasteiger partial charge in [0.25, 0.3) is 5.84 Å². The first-order valence-electron chi connectivity index (χ1n) is 14.2. The number of anilines is 2. The second-order valence-electron chi connectivity index (χ2n) is 11.2. The Labute approximate surface area is 245 Å². The number of halogens is 4. The minimum atomic E-state index is -6.00. The Hall–Kier alpha value is -4.20. The van der Waals surface area contributed by atoms with Gasteiger partial charge in [-0.15, -0.1) is 4.99 Å². The van der Waals surface area contributed by atoms with E-state index in [1.165, 1.54) is 39.2 Å². The van der Waals surface area contributed by atoms with E-state index in [0.717, 1.165) is 5.84 Å². The average molecular weight is 571 g/mol. The van der Waals surface area contributed by atoms with Crippen molar-refractivity contribution in [1.29, 1.82) is 0 Å². The SMILES string of the molecule is CC(C)c1cccc(C(C)C)c1N1C=[N+]2C(=N[C@@H](c3ccccc3)[C@@H]2c2ccccc2)c2ccccc21.F[B-](F)(F)F. The Morgan fingerprint density at radius 3 is 1.71 bits per heavy atom. The van der Waals surface area contributed by atoms with Gasteiger partial charge in [-0.05, 0) is 46.2 Å². The number of hydrogen-bond acceptors (Lipinski definition) is 2. The van der Waals surface area contributed by atoms with Gasteiger partial charge < -0.3 is 17.3 Å². The molecule has 0 amide bonds. The molecule has 8 heteroatoms. The fraction of sp³-hybridized carbons (Fsp3) is 0.235. The van der Waals surface area contributed by atoms with Gasteiger partial charge >= 0.3 is 7.25 Å². The summed E-state index contributed by atoms with van der Waals surface area (Å²) in [6, 6.07) is 37.2. The van der Waals surface area contributed by atoms with Crippen LogP contribution in [-0.4, -0.2) is 24.0 Å². The third kappa shape index (κ3) is 6.03. The monoisotopic (exact) mass is 571 g/mol.